The minimum absolute atomic E-state index is 0.0157. The molecule has 0 aliphatic carbocycles. The third-order valence-electron chi connectivity index (χ3n) is 7.84. The van der Waals surface area contributed by atoms with E-state index in [9.17, 15) is 40.7 Å². The van der Waals surface area contributed by atoms with Crippen molar-refractivity contribution in [2.45, 2.75) is 18.8 Å². The van der Waals surface area contributed by atoms with Gasteiger partial charge < -0.3 is 19.9 Å². The molecule has 5 rings (SSSR count). The topological polar surface area (TPSA) is 108 Å². The zero-order valence-corrected chi connectivity index (χ0v) is 28.1. The number of halogens is 6. The number of thioether (sulfide) groups is 1. The second-order valence-electron chi connectivity index (χ2n) is 11.4. The molecule has 0 saturated carbocycles. The van der Waals surface area contributed by atoms with Crippen LogP contribution in [0.1, 0.15) is 33.5 Å². The minimum atomic E-state index is -5.04. The number of nitrogens with one attached hydrogen (secondary N) is 1. The van der Waals surface area contributed by atoms with Crippen molar-refractivity contribution in [2.24, 2.45) is 0 Å². The third kappa shape index (κ3) is 9.87. The van der Waals surface area contributed by atoms with Crippen molar-refractivity contribution in [3.8, 4) is 16.9 Å². The molecule has 2 aliphatic heterocycles. The van der Waals surface area contributed by atoms with Crippen LogP contribution >= 0.6 is 24.0 Å². The smallest absolute Gasteiger partial charge is 0.416 e. The molecule has 270 valence electrons. The van der Waals surface area contributed by atoms with Gasteiger partial charge >= 0.3 is 18.3 Å². The lowest BCUT2D eigenvalue weighted by molar-refractivity contribution is -0.143. The summed E-state index contributed by atoms with van der Waals surface area (Å²) in [6.07, 6.45) is -8.85. The van der Waals surface area contributed by atoms with E-state index in [1.165, 1.54) is 53.4 Å². The van der Waals surface area contributed by atoms with Gasteiger partial charge in [-0.05, 0) is 71.8 Å². The zero-order valence-electron chi connectivity index (χ0n) is 26.5. The highest BCUT2D eigenvalue weighted by molar-refractivity contribution is 8.26. The average molecular weight is 754 g/mol. The van der Waals surface area contributed by atoms with Crippen LogP contribution in [0.3, 0.4) is 0 Å². The number of carbonyl (C=O) groups is 3. The predicted octanol–water partition coefficient (Wildman–Crippen LogP) is 7.03. The summed E-state index contributed by atoms with van der Waals surface area (Å²) in [4.78, 5) is 40.5. The van der Waals surface area contributed by atoms with E-state index in [1.807, 2.05) is 0 Å². The number of alkyl halides is 6. The van der Waals surface area contributed by atoms with Crippen LogP contribution < -0.4 is 10.1 Å². The Kier molecular flexibility index (Phi) is 11.7. The summed E-state index contributed by atoms with van der Waals surface area (Å²) < 4.78 is 93.2. The van der Waals surface area contributed by atoms with Crippen molar-refractivity contribution >= 4 is 57.8 Å². The molecule has 3 aromatic carbocycles. The van der Waals surface area contributed by atoms with Gasteiger partial charge in [0.25, 0.3) is 5.91 Å². The number of ether oxygens (including phenoxy) is 2. The highest BCUT2D eigenvalue weighted by atomic mass is 32.2. The molecule has 0 spiro atoms. The molecule has 2 aliphatic rings. The molecular weight excluding hydrogens is 725 g/mol. The summed E-state index contributed by atoms with van der Waals surface area (Å²) in [6.45, 7) is 3.08. The highest BCUT2D eigenvalue weighted by Gasteiger charge is 2.37. The van der Waals surface area contributed by atoms with Crippen LogP contribution in [0, 0.1) is 0 Å². The predicted molar refractivity (Wildman–Crippen MR) is 181 cm³/mol. The van der Waals surface area contributed by atoms with Crippen LogP contribution in [0.5, 0.6) is 5.75 Å². The fourth-order valence-corrected chi connectivity index (χ4v) is 6.47. The molecule has 0 aromatic heterocycles. The van der Waals surface area contributed by atoms with Gasteiger partial charge in [0.2, 0.25) is 5.91 Å². The number of anilines is 1. The van der Waals surface area contributed by atoms with Gasteiger partial charge in [-0.15, -0.1) is 0 Å². The van der Waals surface area contributed by atoms with E-state index >= 15 is 0 Å². The van der Waals surface area contributed by atoms with Gasteiger partial charge in [0.1, 0.15) is 16.7 Å². The molecule has 3 aromatic rings. The van der Waals surface area contributed by atoms with E-state index in [0.29, 0.717) is 50.7 Å². The third-order valence-corrected chi connectivity index (χ3v) is 9.22. The Balaban J connectivity index is 1.39. The Morgan fingerprint density at radius 2 is 1.57 bits per heavy atom. The van der Waals surface area contributed by atoms with Crippen molar-refractivity contribution in [1.29, 1.82) is 0 Å². The quantitative estimate of drug-likeness (QED) is 0.121. The van der Waals surface area contributed by atoms with Gasteiger partial charge in [-0.25, -0.2) is 4.79 Å². The lowest BCUT2D eigenvalue weighted by atomic mass is 9.97. The van der Waals surface area contributed by atoms with E-state index in [2.05, 4.69) is 10.2 Å². The average Bonchev–Trinajstić information content (AvgIpc) is 3.34. The molecule has 2 saturated heterocycles. The molecule has 2 fully saturated rings. The van der Waals surface area contributed by atoms with Gasteiger partial charge in [-0.1, -0.05) is 30.0 Å². The molecule has 0 bridgehead atoms. The van der Waals surface area contributed by atoms with Crippen LogP contribution in [0.4, 0.5) is 32.0 Å². The number of thiocarbonyl (C=S) groups is 1. The Labute approximate surface area is 297 Å². The number of hydrogen-bond donors (Lipinski definition) is 2. The van der Waals surface area contributed by atoms with Crippen molar-refractivity contribution in [3.05, 3.63) is 87.8 Å². The minimum Gasteiger partial charge on any atom is -0.492 e. The number of carbonyl (C=O) groups excluding carboxylic acids is 2. The summed E-state index contributed by atoms with van der Waals surface area (Å²) >= 11 is 6.30. The number of nitrogens with zero attached hydrogens (tertiary/aromatic N) is 2. The molecule has 9 nitrogen and oxygen atoms in total. The second-order valence-corrected chi connectivity index (χ2v) is 13.0. The van der Waals surface area contributed by atoms with Gasteiger partial charge in [0.05, 0.1) is 34.8 Å². The molecule has 2 amide bonds. The van der Waals surface area contributed by atoms with Gasteiger partial charge in [-0.3, -0.25) is 19.4 Å². The van der Waals surface area contributed by atoms with E-state index in [0.717, 1.165) is 11.8 Å². The van der Waals surface area contributed by atoms with E-state index in [1.54, 1.807) is 0 Å². The Hall–Kier alpha value is -4.45. The van der Waals surface area contributed by atoms with E-state index in [-0.39, 0.29) is 62.9 Å². The molecule has 2 heterocycles. The van der Waals surface area contributed by atoms with E-state index < -0.39 is 41.3 Å². The molecule has 51 heavy (non-hydrogen) atoms. The SMILES string of the molecule is O=C(CCN1C(=O)C(=Cc2cc(-c3cc(C(F)(F)F)cc(C(F)(F)F)c3)ccc2OCCN2CCOCC2)SC1=S)Nc1ccc(C(=O)O)cc1. The second kappa shape index (κ2) is 15.8. The summed E-state index contributed by atoms with van der Waals surface area (Å²) in [5.41, 5.74) is -2.68. The summed E-state index contributed by atoms with van der Waals surface area (Å²) in [5.74, 6) is -1.93. The first-order chi connectivity index (χ1) is 24.1. The first-order valence-electron chi connectivity index (χ1n) is 15.3. The van der Waals surface area contributed by atoms with Crippen molar-refractivity contribution in [2.75, 3.05) is 51.3 Å². The number of amides is 2. The maximum absolute atomic E-state index is 13.6. The first-order valence-corrected chi connectivity index (χ1v) is 16.6. The number of benzene rings is 3. The standard InChI is InChI=1S/C34H29F6N3O6S2/c35-33(36,37)24-16-22(17-25(19-24)34(38,39)40)21-3-6-27(49-14-11-42-9-12-48-13-10-42)23(15-21)18-28-30(45)43(32(50)51-28)8-7-29(44)41-26-4-1-20(2-5-26)31(46)47/h1-6,15-19H,7-14H2,(H,41,44)(H,46,47). The van der Waals surface area contributed by atoms with Crippen LogP contribution in [0.25, 0.3) is 17.2 Å². The number of aromatic carboxylic acids is 1. The molecule has 17 heteroatoms. The molecule has 0 unspecified atom stereocenters. The van der Waals surface area contributed by atoms with E-state index in [4.69, 9.17) is 26.8 Å². The molecule has 2 N–H and O–H groups in total. The molecule has 0 radical (unpaired) electrons. The fraction of sp³-hybridized carbons (Fsp3) is 0.294. The van der Waals surface area contributed by atoms with Crippen LogP contribution in [-0.2, 0) is 26.7 Å². The summed E-state index contributed by atoms with van der Waals surface area (Å²) in [7, 11) is 0. The summed E-state index contributed by atoms with van der Waals surface area (Å²) in [6, 6.07) is 10.9. The largest absolute Gasteiger partial charge is 0.492 e. The number of rotatable bonds is 11. The number of carboxylic acids is 1. The maximum atomic E-state index is 13.6. The summed E-state index contributed by atoms with van der Waals surface area (Å²) in [5, 5.41) is 11.6. The first kappa shape index (κ1) is 37.8. The molecular formula is C34H29F6N3O6S2. The van der Waals surface area contributed by atoms with Crippen LogP contribution in [-0.4, -0.2) is 83.0 Å². The van der Waals surface area contributed by atoms with Crippen molar-refractivity contribution in [1.82, 2.24) is 9.80 Å². The lowest BCUT2D eigenvalue weighted by Crippen LogP contribution is -2.38. The zero-order chi connectivity index (χ0) is 36.9. The van der Waals surface area contributed by atoms with Gasteiger partial charge in [0, 0.05) is 43.9 Å². The maximum Gasteiger partial charge on any atom is 0.416 e. The molecule has 0 atom stereocenters. The van der Waals surface area contributed by atoms with Crippen molar-refractivity contribution < 1.29 is 55.3 Å². The number of hydrogen-bond acceptors (Lipinski definition) is 8. The monoisotopic (exact) mass is 753 g/mol. The highest BCUT2D eigenvalue weighted by Crippen LogP contribution is 2.40. The Morgan fingerprint density at radius 3 is 2.18 bits per heavy atom. The lowest BCUT2D eigenvalue weighted by Gasteiger charge is -2.26. The number of carboxylic acid groups (broad SMARTS) is 1. The van der Waals surface area contributed by atoms with Gasteiger partial charge in [0.15, 0.2) is 0 Å². The Bertz CT molecular complexity index is 1810. The number of morpholine rings is 1. The Morgan fingerprint density at radius 1 is 0.922 bits per heavy atom. The van der Waals surface area contributed by atoms with Crippen molar-refractivity contribution in [3.63, 3.8) is 0 Å². The van der Waals surface area contributed by atoms with Crippen LogP contribution in [0.15, 0.2) is 65.6 Å². The fourth-order valence-electron chi connectivity index (χ4n) is 5.17. The van der Waals surface area contributed by atoms with Crippen LogP contribution in [0.2, 0.25) is 0 Å². The normalized spacial score (nSPS) is 16.5. The van der Waals surface area contributed by atoms with Gasteiger partial charge in [-0.2, -0.15) is 26.3 Å².